The first kappa shape index (κ1) is 12.9. The number of nitrogens with zero attached hydrogens (tertiary/aromatic N) is 2. The van der Waals surface area contributed by atoms with Gasteiger partial charge in [-0.25, -0.2) is 4.68 Å². The zero-order valence-corrected chi connectivity index (χ0v) is 9.48. The van der Waals surface area contributed by atoms with E-state index in [0.29, 0.717) is 6.20 Å². The minimum atomic E-state index is -4.51. The molecule has 100 valence electrons. The number of hydrogen-bond donors (Lipinski definition) is 2. The van der Waals surface area contributed by atoms with Gasteiger partial charge in [-0.05, 0) is 18.2 Å². The van der Waals surface area contributed by atoms with Crippen molar-refractivity contribution in [3.63, 3.8) is 0 Å². The van der Waals surface area contributed by atoms with Crippen LogP contribution >= 0.6 is 0 Å². The predicted octanol–water partition coefficient (Wildman–Crippen LogP) is 1.57. The third-order valence-corrected chi connectivity index (χ3v) is 2.44. The van der Waals surface area contributed by atoms with E-state index in [9.17, 15) is 18.0 Å². The van der Waals surface area contributed by atoms with Gasteiger partial charge in [0, 0.05) is 11.9 Å². The van der Waals surface area contributed by atoms with Crippen LogP contribution in [0.2, 0.25) is 0 Å². The van der Waals surface area contributed by atoms with Gasteiger partial charge in [-0.15, -0.1) is 0 Å². The van der Waals surface area contributed by atoms with Crippen molar-refractivity contribution in [2.24, 2.45) is 5.73 Å². The molecule has 0 fully saturated rings. The van der Waals surface area contributed by atoms with Crippen LogP contribution in [0, 0.1) is 0 Å². The number of nitrogens with two attached hydrogens (primary N) is 2. The number of hydrogen-bond acceptors (Lipinski definition) is 3. The summed E-state index contributed by atoms with van der Waals surface area (Å²) in [6.07, 6.45) is -3.08. The van der Waals surface area contributed by atoms with Crippen molar-refractivity contribution in [2.75, 3.05) is 5.73 Å². The number of anilines is 1. The molecular weight excluding hydrogens is 261 g/mol. The molecule has 1 heterocycles. The van der Waals surface area contributed by atoms with Gasteiger partial charge < -0.3 is 11.5 Å². The average molecular weight is 270 g/mol. The molecule has 0 saturated carbocycles. The second-order valence-electron chi connectivity index (χ2n) is 3.81. The molecule has 0 bridgehead atoms. The van der Waals surface area contributed by atoms with E-state index in [0.717, 1.165) is 10.9 Å². The van der Waals surface area contributed by atoms with Gasteiger partial charge in [0.05, 0.1) is 23.0 Å². The first-order valence-corrected chi connectivity index (χ1v) is 5.10. The van der Waals surface area contributed by atoms with Crippen LogP contribution in [0.25, 0.3) is 5.69 Å². The van der Waals surface area contributed by atoms with E-state index in [1.807, 2.05) is 0 Å². The Morgan fingerprint density at radius 1 is 1.32 bits per heavy atom. The van der Waals surface area contributed by atoms with E-state index < -0.39 is 17.6 Å². The molecule has 1 aromatic heterocycles. The van der Waals surface area contributed by atoms with Gasteiger partial charge in [-0.3, -0.25) is 4.79 Å². The van der Waals surface area contributed by atoms with E-state index >= 15 is 0 Å². The number of carbonyl (C=O) groups is 1. The highest BCUT2D eigenvalue weighted by molar-refractivity contribution is 5.97. The van der Waals surface area contributed by atoms with Crippen molar-refractivity contribution >= 4 is 11.6 Å². The van der Waals surface area contributed by atoms with Crippen LogP contribution < -0.4 is 11.5 Å². The molecule has 8 heteroatoms. The highest BCUT2D eigenvalue weighted by Crippen LogP contribution is 2.29. The van der Waals surface area contributed by atoms with Gasteiger partial charge in [0.2, 0.25) is 0 Å². The fraction of sp³-hybridized carbons (Fsp3) is 0.0909. The van der Waals surface area contributed by atoms with E-state index in [-0.39, 0.29) is 16.9 Å². The minimum absolute atomic E-state index is 0.0334. The molecule has 19 heavy (non-hydrogen) atoms. The van der Waals surface area contributed by atoms with Gasteiger partial charge in [0.15, 0.2) is 0 Å². The Labute approximate surface area is 105 Å². The average Bonchev–Trinajstić information content (AvgIpc) is 2.77. The molecule has 0 aliphatic heterocycles. The maximum Gasteiger partial charge on any atom is 0.419 e. The Bertz CT molecular complexity index is 633. The molecule has 0 atom stereocenters. The summed E-state index contributed by atoms with van der Waals surface area (Å²) < 4.78 is 38.4. The lowest BCUT2D eigenvalue weighted by atomic mass is 10.1. The number of amides is 1. The van der Waals surface area contributed by atoms with Gasteiger partial charge in [-0.1, -0.05) is 0 Å². The third kappa shape index (κ3) is 2.51. The van der Waals surface area contributed by atoms with E-state index in [4.69, 9.17) is 11.5 Å². The second kappa shape index (κ2) is 4.30. The van der Waals surface area contributed by atoms with Gasteiger partial charge in [0.25, 0.3) is 5.91 Å². The van der Waals surface area contributed by atoms with Crippen LogP contribution in [0.5, 0.6) is 0 Å². The van der Waals surface area contributed by atoms with Crippen LogP contribution in [0.3, 0.4) is 0 Å². The van der Waals surface area contributed by atoms with Gasteiger partial charge in [0.1, 0.15) is 0 Å². The molecule has 0 radical (unpaired) electrons. The molecule has 0 aliphatic rings. The lowest BCUT2D eigenvalue weighted by Gasteiger charge is -2.08. The number of benzene rings is 1. The molecular formula is C11H9F3N4O. The Kier molecular flexibility index (Phi) is 2.93. The molecule has 2 rings (SSSR count). The van der Waals surface area contributed by atoms with Crippen molar-refractivity contribution in [3.05, 3.63) is 41.7 Å². The minimum Gasteiger partial charge on any atom is -0.399 e. The molecule has 0 saturated heterocycles. The first-order chi connectivity index (χ1) is 8.79. The quantitative estimate of drug-likeness (QED) is 0.812. The van der Waals surface area contributed by atoms with E-state index in [2.05, 4.69) is 5.10 Å². The van der Waals surface area contributed by atoms with Crippen LogP contribution in [-0.4, -0.2) is 15.7 Å². The topological polar surface area (TPSA) is 86.9 Å². The summed E-state index contributed by atoms with van der Waals surface area (Å²) in [7, 11) is 0. The molecule has 0 unspecified atom stereocenters. The van der Waals surface area contributed by atoms with Crippen molar-refractivity contribution in [2.45, 2.75) is 6.18 Å². The van der Waals surface area contributed by atoms with Crippen molar-refractivity contribution in [1.82, 2.24) is 9.78 Å². The molecule has 0 spiro atoms. The molecule has 2 aromatic rings. The maximum atomic E-state index is 12.5. The summed E-state index contributed by atoms with van der Waals surface area (Å²) in [5, 5.41) is 3.57. The number of carbonyl (C=O) groups excluding carboxylic acids is 1. The number of nitrogen functional groups attached to an aromatic ring is 1. The lowest BCUT2D eigenvalue weighted by molar-refractivity contribution is -0.137. The Hall–Kier alpha value is -2.51. The molecule has 4 N–H and O–H groups in total. The van der Waals surface area contributed by atoms with Crippen molar-refractivity contribution < 1.29 is 18.0 Å². The highest BCUT2D eigenvalue weighted by atomic mass is 19.4. The van der Waals surface area contributed by atoms with Crippen LogP contribution in [0.15, 0.2) is 30.6 Å². The fourth-order valence-corrected chi connectivity index (χ4v) is 1.55. The Morgan fingerprint density at radius 3 is 2.53 bits per heavy atom. The second-order valence-corrected chi connectivity index (χ2v) is 3.81. The smallest absolute Gasteiger partial charge is 0.399 e. The molecule has 5 nitrogen and oxygen atoms in total. The van der Waals surface area contributed by atoms with Gasteiger partial charge >= 0.3 is 6.18 Å². The zero-order valence-electron chi connectivity index (χ0n) is 9.48. The third-order valence-electron chi connectivity index (χ3n) is 2.44. The van der Waals surface area contributed by atoms with Gasteiger partial charge in [-0.2, -0.15) is 18.3 Å². The summed E-state index contributed by atoms with van der Waals surface area (Å²) in [6.45, 7) is 0. The van der Waals surface area contributed by atoms with E-state index in [1.54, 1.807) is 0 Å². The molecule has 1 aromatic carbocycles. The number of alkyl halides is 3. The highest BCUT2D eigenvalue weighted by Gasteiger charge is 2.32. The standard InChI is InChI=1S/C11H9F3N4O/c12-11(13,14)6-4-17-18(5-6)9-3-7(15)1-2-8(9)10(16)19/h1-5H,15H2,(H2,16,19). The molecule has 1 amide bonds. The zero-order chi connectivity index (χ0) is 14.2. The summed E-state index contributed by atoms with van der Waals surface area (Å²) >= 11 is 0. The largest absolute Gasteiger partial charge is 0.419 e. The summed E-state index contributed by atoms with van der Waals surface area (Å²) in [4.78, 5) is 11.2. The van der Waals surface area contributed by atoms with Crippen LogP contribution in [0.4, 0.5) is 18.9 Å². The summed E-state index contributed by atoms with van der Waals surface area (Å²) in [5.41, 5.74) is 10.2. The Morgan fingerprint density at radius 2 is 2.00 bits per heavy atom. The van der Waals surface area contributed by atoms with Crippen molar-refractivity contribution in [3.8, 4) is 5.69 Å². The van der Waals surface area contributed by atoms with Crippen LogP contribution in [-0.2, 0) is 6.18 Å². The molecule has 0 aliphatic carbocycles. The lowest BCUT2D eigenvalue weighted by Crippen LogP contribution is -2.15. The monoisotopic (exact) mass is 270 g/mol. The van der Waals surface area contributed by atoms with Crippen molar-refractivity contribution in [1.29, 1.82) is 0 Å². The van der Waals surface area contributed by atoms with Crippen LogP contribution in [0.1, 0.15) is 15.9 Å². The summed E-state index contributed by atoms with van der Waals surface area (Å²) in [6, 6.07) is 4.09. The maximum absolute atomic E-state index is 12.5. The predicted molar refractivity (Wildman–Crippen MR) is 61.5 cm³/mol. The number of primary amides is 1. The van der Waals surface area contributed by atoms with E-state index in [1.165, 1.54) is 18.2 Å². The number of aromatic nitrogens is 2. The number of rotatable bonds is 2. The fourth-order valence-electron chi connectivity index (χ4n) is 1.55. The SMILES string of the molecule is NC(=O)c1ccc(N)cc1-n1cc(C(F)(F)F)cn1. The normalized spacial score (nSPS) is 11.5. The Balaban J connectivity index is 2.55. The number of halogens is 3. The summed E-state index contributed by atoms with van der Waals surface area (Å²) in [5.74, 6) is -0.779. The first-order valence-electron chi connectivity index (χ1n) is 5.10.